The van der Waals surface area contributed by atoms with Crippen molar-refractivity contribution in [2.45, 2.75) is 19.3 Å². The number of hydrogen-bond acceptors (Lipinski definition) is 3. The predicted molar refractivity (Wildman–Crippen MR) is 35.6 cm³/mol. The highest BCUT2D eigenvalue weighted by Crippen LogP contribution is 2.18. The Morgan fingerprint density at radius 1 is 1.70 bits per heavy atom. The van der Waals surface area contributed by atoms with E-state index in [9.17, 15) is 4.79 Å². The summed E-state index contributed by atoms with van der Waals surface area (Å²) in [4.78, 5) is 14.1. The smallest absolute Gasteiger partial charge is 0.180 e. The molecule has 0 spiro atoms. The summed E-state index contributed by atoms with van der Waals surface area (Å²) in [6.45, 7) is 3.56. The first-order chi connectivity index (χ1) is 4.67. The number of aromatic nitrogens is 1. The Balaban J connectivity index is 2.95. The van der Waals surface area contributed by atoms with Crippen LogP contribution < -0.4 is 0 Å². The minimum absolute atomic E-state index is 0.545. The van der Waals surface area contributed by atoms with Crippen LogP contribution in [0.25, 0.3) is 0 Å². The van der Waals surface area contributed by atoms with Gasteiger partial charge in [-0.1, -0.05) is 0 Å². The van der Waals surface area contributed by atoms with E-state index in [0.717, 1.165) is 6.29 Å². The maximum absolute atomic E-state index is 10.4. The molecule has 0 aliphatic rings. The van der Waals surface area contributed by atoms with Crippen molar-refractivity contribution in [3.8, 4) is 0 Å². The fraction of sp³-hybridized carbons (Fsp3) is 0.429. The Bertz CT molecular complexity index is 214. The van der Waals surface area contributed by atoms with E-state index < -0.39 is 5.41 Å². The van der Waals surface area contributed by atoms with Crippen LogP contribution in [0.4, 0.5) is 0 Å². The van der Waals surface area contributed by atoms with Crippen molar-refractivity contribution >= 4 is 6.29 Å². The summed E-state index contributed by atoms with van der Waals surface area (Å²) in [5, 5.41) is 0. The highest BCUT2D eigenvalue weighted by molar-refractivity contribution is 5.65. The molecule has 0 radical (unpaired) electrons. The Morgan fingerprint density at radius 3 is 2.80 bits per heavy atom. The van der Waals surface area contributed by atoms with Crippen LogP contribution in [0.15, 0.2) is 17.0 Å². The molecule has 0 saturated heterocycles. The molecule has 0 unspecified atom stereocenters. The van der Waals surface area contributed by atoms with Crippen LogP contribution in [0, 0.1) is 0 Å². The monoisotopic (exact) mass is 139 g/mol. The zero-order valence-corrected chi connectivity index (χ0v) is 6.00. The Kier molecular flexibility index (Phi) is 1.57. The van der Waals surface area contributed by atoms with E-state index >= 15 is 0 Å². The van der Waals surface area contributed by atoms with Gasteiger partial charge in [-0.15, -0.1) is 0 Å². The third kappa shape index (κ3) is 1.07. The van der Waals surface area contributed by atoms with E-state index in [-0.39, 0.29) is 0 Å². The van der Waals surface area contributed by atoms with Gasteiger partial charge in [0.2, 0.25) is 0 Å². The van der Waals surface area contributed by atoms with E-state index in [1.165, 1.54) is 6.39 Å². The lowest BCUT2D eigenvalue weighted by Crippen LogP contribution is -2.17. The van der Waals surface area contributed by atoms with Crippen molar-refractivity contribution < 1.29 is 9.21 Å². The number of carbonyl (C=O) groups excluding carboxylic acids is 1. The van der Waals surface area contributed by atoms with Crippen molar-refractivity contribution in [1.82, 2.24) is 4.98 Å². The molecule has 3 heteroatoms. The number of oxazole rings is 1. The van der Waals surface area contributed by atoms with Gasteiger partial charge in [0.05, 0.1) is 11.6 Å². The van der Waals surface area contributed by atoms with Crippen molar-refractivity contribution in [2.75, 3.05) is 0 Å². The van der Waals surface area contributed by atoms with E-state index in [0.29, 0.717) is 5.76 Å². The second-order valence-electron chi connectivity index (χ2n) is 2.71. The molecule has 1 heterocycles. The Labute approximate surface area is 59.1 Å². The van der Waals surface area contributed by atoms with Crippen LogP contribution in [0.3, 0.4) is 0 Å². The zero-order valence-electron chi connectivity index (χ0n) is 6.00. The Hall–Kier alpha value is -1.12. The van der Waals surface area contributed by atoms with Crippen LogP contribution in [0.5, 0.6) is 0 Å². The fourth-order valence-corrected chi connectivity index (χ4v) is 0.592. The molecule has 1 aromatic heterocycles. The molecule has 0 saturated carbocycles. The number of carbonyl (C=O) groups is 1. The molecule has 0 N–H and O–H groups in total. The molecule has 3 nitrogen and oxygen atoms in total. The Morgan fingerprint density at radius 2 is 2.40 bits per heavy atom. The van der Waals surface area contributed by atoms with Gasteiger partial charge in [-0.3, -0.25) is 0 Å². The van der Waals surface area contributed by atoms with Crippen molar-refractivity contribution in [3.63, 3.8) is 0 Å². The second kappa shape index (κ2) is 2.25. The number of nitrogens with zero attached hydrogens (tertiary/aromatic N) is 1. The topological polar surface area (TPSA) is 43.1 Å². The molecule has 0 fully saturated rings. The first kappa shape index (κ1) is 6.99. The average Bonchev–Trinajstić information content (AvgIpc) is 2.38. The van der Waals surface area contributed by atoms with Gasteiger partial charge in [-0.05, 0) is 13.8 Å². The third-order valence-electron chi connectivity index (χ3n) is 1.36. The second-order valence-corrected chi connectivity index (χ2v) is 2.71. The highest BCUT2D eigenvalue weighted by atomic mass is 16.3. The summed E-state index contributed by atoms with van der Waals surface area (Å²) in [5.41, 5.74) is -0.545. The third-order valence-corrected chi connectivity index (χ3v) is 1.36. The first-order valence-corrected chi connectivity index (χ1v) is 3.02. The van der Waals surface area contributed by atoms with Gasteiger partial charge in [0.1, 0.15) is 12.0 Å². The zero-order chi connectivity index (χ0) is 7.61. The van der Waals surface area contributed by atoms with Crippen LogP contribution in [-0.2, 0) is 10.2 Å². The summed E-state index contributed by atoms with van der Waals surface area (Å²) in [7, 11) is 0. The van der Waals surface area contributed by atoms with Gasteiger partial charge in [-0.2, -0.15) is 0 Å². The van der Waals surface area contributed by atoms with Gasteiger partial charge in [-0.25, -0.2) is 4.98 Å². The van der Waals surface area contributed by atoms with Crippen molar-refractivity contribution in [1.29, 1.82) is 0 Å². The number of hydrogen-bond donors (Lipinski definition) is 0. The summed E-state index contributed by atoms with van der Waals surface area (Å²) in [6.07, 6.45) is 3.71. The maximum Gasteiger partial charge on any atom is 0.180 e. The molecule has 54 valence electrons. The van der Waals surface area contributed by atoms with E-state index in [2.05, 4.69) is 4.98 Å². The van der Waals surface area contributed by atoms with E-state index in [4.69, 9.17) is 4.42 Å². The normalized spacial score (nSPS) is 11.4. The molecule has 0 atom stereocenters. The largest absolute Gasteiger partial charge is 0.447 e. The lowest BCUT2D eigenvalue weighted by atomic mass is 9.93. The van der Waals surface area contributed by atoms with Gasteiger partial charge >= 0.3 is 0 Å². The molecule has 0 bridgehead atoms. The van der Waals surface area contributed by atoms with Crippen LogP contribution in [-0.4, -0.2) is 11.3 Å². The quantitative estimate of drug-likeness (QED) is 0.577. The lowest BCUT2D eigenvalue weighted by Gasteiger charge is -2.10. The maximum atomic E-state index is 10.4. The summed E-state index contributed by atoms with van der Waals surface area (Å²) in [6, 6.07) is 0. The van der Waals surface area contributed by atoms with Gasteiger partial charge in [0.25, 0.3) is 0 Å². The van der Waals surface area contributed by atoms with Crippen LogP contribution >= 0.6 is 0 Å². The molecule has 0 aliphatic carbocycles. The average molecular weight is 139 g/mol. The number of rotatable bonds is 2. The molecule has 10 heavy (non-hydrogen) atoms. The predicted octanol–water partition coefficient (Wildman–Crippen LogP) is 1.15. The molecule has 1 rings (SSSR count). The highest BCUT2D eigenvalue weighted by Gasteiger charge is 2.22. The molecular formula is C7H9NO2. The summed E-state index contributed by atoms with van der Waals surface area (Å²) < 4.78 is 4.95. The van der Waals surface area contributed by atoms with E-state index in [1.54, 1.807) is 20.0 Å². The minimum Gasteiger partial charge on any atom is -0.447 e. The molecule has 0 amide bonds. The summed E-state index contributed by atoms with van der Waals surface area (Å²) in [5.74, 6) is 0.600. The number of aldehydes is 1. The molecular weight excluding hydrogens is 130 g/mol. The van der Waals surface area contributed by atoms with Crippen LogP contribution in [0.1, 0.15) is 19.6 Å². The van der Waals surface area contributed by atoms with Gasteiger partial charge in [0.15, 0.2) is 6.39 Å². The SMILES string of the molecule is CC(C)(C=O)c1cnco1. The minimum atomic E-state index is -0.545. The molecule has 0 aromatic carbocycles. The lowest BCUT2D eigenvalue weighted by molar-refractivity contribution is -0.112. The standard InChI is InChI=1S/C7H9NO2/c1-7(2,4-9)6-3-8-5-10-6/h3-5H,1-2H3. The molecule has 1 aromatic rings. The van der Waals surface area contributed by atoms with E-state index in [1.807, 2.05) is 0 Å². The fourth-order valence-electron chi connectivity index (χ4n) is 0.592. The van der Waals surface area contributed by atoms with Crippen molar-refractivity contribution in [3.05, 3.63) is 18.4 Å². The van der Waals surface area contributed by atoms with Crippen molar-refractivity contribution in [2.24, 2.45) is 0 Å². The summed E-state index contributed by atoms with van der Waals surface area (Å²) >= 11 is 0. The van der Waals surface area contributed by atoms with Gasteiger partial charge in [0, 0.05) is 0 Å². The van der Waals surface area contributed by atoms with Crippen LogP contribution in [0.2, 0.25) is 0 Å². The molecule has 0 aliphatic heterocycles. The van der Waals surface area contributed by atoms with Gasteiger partial charge < -0.3 is 9.21 Å². The first-order valence-electron chi connectivity index (χ1n) is 3.02.